The highest BCUT2D eigenvalue weighted by Gasteiger charge is 2.09. The van der Waals surface area contributed by atoms with Gasteiger partial charge < -0.3 is 4.74 Å². The average Bonchev–Trinajstić information content (AvgIpc) is 2.53. The zero-order chi connectivity index (χ0) is 17.8. The molecule has 3 N–H and O–H groups in total. The maximum Gasteiger partial charge on any atom is 0.255 e. The quantitative estimate of drug-likeness (QED) is 0.806. The molecule has 0 fully saturated rings. The first-order valence-electron chi connectivity index (χ1n) is 6.67. The van der Waals surface area contributed by atoms with Crippen LogP contribution in [0.5, 0.6) is 5.75 Å². The lowest BCUT2D eigenvalue weighted by molar-refractivity contribution is 0.415. The molecule has 2 aromatic rings. The number of primary sulfonamides is 1. The number of nitrogens with two attached hydrogens (primary N) is 1. The van der Waals surface area contributed by atoms with E-state index in [2.05, 4.69) is 4.72 Å². The molecule has 0 aliphatic rings. The Kier molecular flexibility index (Phi) is 5.27. The number of rotatable bonds is 6. The van der Waals surface area contributed by atoms with Crippen LogP contribution in [-0.4, -0.2) is 23.9 Å². The average molecular weight is 368 g/mol. The van der Waals surface area contributed by atoms with Crippen LogP contribution in [-0.2, 0) is 20.0 Å². The second-order valence-electron chi connectivity index (χ2n) is 4.79. The van der Waals surface area contributed by atoms with Crippen LogP contribution in [0.3, 0.4) is 0 Å². The van der Waals surface area contributed by atoms with Gasteiger partial charge in [0.1, 0.15) is 5.75 Å². The second-order valence-corrected chi connectivity index (χ2v) is 7.92. The summed E-state index contributed by atoms with van der Waals surface area (Å²) in [5, 5.41) is 6.00. The molecule has 0 spiro atoms. The van der Waals surface area contributed by atoms with Gasteiger partial charge in [0, 0.05) is 5.69 Å². The molecule has 0 amide bonds. The van der Waals surface area contributed by atoms with Gasteiger partial charge >= 0.3 is 0 Å². The van der Waals surface area contributed by atoms with E-state index >= 15 is 0 Å². The van der Waals surface area contributed by atoms with Gasteiger partial charge in [0.15, 0.2) is 0 Å². The third kappa shape index (κ3) is 5.08. The lowest BCUT2D eigenvalue weighted by Crippen LogP contribution is -2.12. The van der Waals surface area contributed by atoms with E-state index in [1.54, 1.807) is 31.4 Å². The topological polar surface area (TPSA) is 116 Å². The molecule has 0 aromatic heterocycles. The molecule has 7 nitrogen and oxygen atoms in total. The third-order valence-electron chi connectivity index (χ3n) is 3.00. The summed E-state index contributed by atoms with van der Waals surface area (Å²) in [7, 11) is -6.01. The van der Waals surface area contributed by atoms with Crippen LogP contribution in [0, 0.1) is 0 Å². The smallest absolute Gasteiger partial charge is 0.255 e. The summed E-state index contributed by atoms with van der Waals surface area (Å²) in [5.74, 6) is 0.670. The molecule has 0 saturated heterocycles. The minimum absolute atomic E-state index is 0.0979. The predicted octanol–water partition coefficient (Wildman–Crippen LogP) is 1.76. The van der Waals surface area contributed by atoms with Crippen LogP contribution in [0.15, 0.2) is 58.8 Å². The Morgan fingerprint density at radius 3 is 2.04 bits per heavy atom. The number of hydrogen-bond acceptors (Lipinski definition) is 5. The molecule has 0 heterocycles. The number of methoxy groups -OCH3 is 1. The zero-order valence-electron chi connectivity index (χ0n) is 12.7. The first kappa shape index (κ1) is 18.0. The van der Waals surface area contributed by atoms with Crippen molar-refractivity contribution in [3.63, 3.8) is 0 Å². The Labute approximate surface area is 140 Å². The second kappa shape index (κ2) is 7.04. The van der Waals surface area contributed by atoms with Crippen LogP contribution in [0.1, 0.15) is 5.56 Å². The Bertz CT molecular complexity index is 932. The number of anilines is 1. The molecule has 2 rings (SSSR count). The SMILES string of the molecule is COc1ccc(C=CS(=O)(=O)Nc2ccc(S(N)(=O)=O)cc2)cc1. The van der Waals surface area contributed by atoms with E-state index in [9.17, 15) is 16.8 Å². The fourth-order valence-corrected chi connectivity index (χ4v) is 3.18. The lowest BCUT2D eigenvalue weighted by atomic mass is 10.2. The van der Waals surface area contributed by atoms with E-state index in [1.807, 2.05) is 0 Å². The summed E-state index contributed by atoms with van der Waals surface area (Å²) in [4.78, 5) is -0.0979. The first-order valence-corrected chi connectivity index (χ1v) is 9.77. The zero-order valence-corrected chi connectivity index (χ0v) is 14.3. The maximum absolute atomic E-state index is 12.0. The van der Waals surface area contributed by atoms with Crippen molar-refractivity contribution in [3.05, 3.63) is 59.5 Å². The van der Waals surface area contributed by atoms with Gasteiger partial charge in [0.25, 0.3) is 10.0 Å². The Morgan fingerprint density at radius 1 is 0.958 bits per heavy atom. The monoisotopic (exact) mass is 368 g/mol. The van der Waals surface area contributed by atoms with Crippen molar-refractivity contribution in [2.24, 2.45) is 5.14 Å². The van der Waals surface area contributed by atoms with E-state index in [-0.39, 0.29) is 10.6 Å². The highest BCUT2D eigenvalue weighted by Crippen LogP contribution is 2.16. The van der Waals surface area contributed by atoms with E-state index in [0.29, 0.717) is 11.3 Å². The van der Waals surface area contributed by atoms with Gasteiger partial charge in [-0.2, -0.15) is 0 Å². The van der Waals surface area contributed by atoms with Crippen LogP contribution in [0.25, 0.3) is 6.08 Å². The highest BCUT2D eigenvalue weighted by atomic mass is 32.2. The normalized spacial score (nSPS) is 12.2. The van der Waals surface area contributed by atoms with Crippen LogP contribution >= 0.6 is 0 Å². The molecule has 0 saturated carbocycles. The van der Waals surface area contributed by atoms with Crippen molar-refractivity contribution in [1.29, 1.82) is 0 Å². The first-order chi connectivity index (χ1) is 11.2. The number of hydrogen-bond donors (Lipinski definition) is 2. The highest BCUT2D eigenvalue weighted by molar-refractivity contribution is 7.95. The summed E-state index contributed by atoms with van der Waals surface area (Å²) >= 11 is 0. The fraction of sp³-hybridized carbons (Fsp3) is 0.0667. The van der Waals surface area contributed by atoms with E-state index < -0.39 is 20.0 Å². The van der Waals surface area contributed by atoms with Gasteiger partial charge in [0.05, 0.1) is 17.4 Å². The number of benzene rings is 2. The molecular formula is C15H16N2O5S2. The Balaban J connectivity index is 2.11. The number of ether oxygens (including phenoxy) is 1. The molecule has 0 unspecified atom stereocenters. The molecular weight excluding hydrogens is 352 g/mol. The molecule has 9 heteroatoms. The molecule has 24 heavy (non-hydrogen) atoms. The van der Waals surface area contributed by atoms with Crippen molar-refractivity contribution < 1.29 is 21.6 Å². The minimum atomic E-state index is -3.82. The molecule has 128 valence electrons. The van der Waals surface area contributed by atoms with E-state index in [0.717, 1.165) is 5.41 Å². The van der Waals surface area contributed by atoms with Crippen molar-refractivity contribution in [2.75, 3.05) is 11.8 Å². The number of sulfonamides is 2. The standard InChI is InChI=1S/C15H16N2O5S2/c1-22-14-6-2-12(3-7-14)10-11-23(18,19)17-13-4-8-15(9-5-13)24(16,20)21/h2-11,17H,1H3,(H2,16,20,21). The summed E-state index contributed by atoms with van der Waals surface area (Å²) in [6.07, 6.45) is 1.43. The molecule has 0 aliphatic carbocycles. The molecule has 2 aromatic carbocycles. The summed E-state index contributed by atoms with van der Waals surface area (Å²) in [6.45, 7) is 0. The summed E-state index contributed by atoms with van der Waals surface area (Å²) in [6, 6.07) is 11.9. The van der Waals surface area contributed by atoms with Gasteiger partial charge in [-0.15, -0.1) is 0 Å². The van der Waals surface area contributed by atoms with Crippen LogP contribution in [0.2, 0.25) is 0 Å². The molecule has 0 bridgehead atoms. The van der Waals surface area contributed by atoms with Crippen LogP contribution in [0.4, 0.5) is 5.69 Å². The largest absolute Gasteiger partial charge is 0.497 e. The van der Waals surface area contributed by atoms with Crippen molar-refractivity contribution >= 4 is 31.8 Å². The van der Waals surface area contributed by atoms with Crippen LogP contribution < -0.4 is 14.6 Å². The summed E-state index contributed by atoms with van der Waals surface area (Å²) in [5.41, 5.74) is 0.910. The lowest BCUT2D eigenvalue weighted by Gasteiger charge is -2.05. The Morgan fingerprint density at radius 2 is 1.54 bits per heavy atom. The predicted molar refractivity (Wildman–Crippen MR) is 92.4 cm³/mol. The molecule has 0 atom stereocenters. The molecule has 0 aliphatic heterocycles. The van der Waals surface area contributed by atoms with Gasteiger partial charge in [-0.3, -0.25) is 4.72 Å². The van der Waals surface area contributed by atoms with Gasteiger partial charge in [-0.05, 0) is 48.0 Å². The fourth-order valence-electron chi connectivity index (χ4n) is 1.79. The maximum atomic E-state index is 12.0. The van der Waals surface area contributed by atoms with Gasteiger partial charge in [-0.25, -0.2) is 22.0 Å². The Hall–Kier alpha value is -2.36. The van der Waals surface area contributed by atoms with Gasteiger partial charge in [0.2, 0.25) is 10.0 Å². The molecule has 0 radical (unpaired) electrons. The third-order valence-corrected chi connectivity index (χ3v) is 4.94. The van der Waals surface area contributed by atoms with Gasteiger partial charge in [-0.1, -0.05) is 12.1 Å². The van der Waals surface area contributed by atoms with Crippen molar-refractivity contribution in [2.45, 2.75) is 4.90 Å². The summed E-state index contributed by atoms with van der Waals surface area (Å²) < 4.78 is 53.7. The van der Waals surface area contributed by atoms with Crippen molar-refractivity contribution in [3.8, 4) is 5.75 Å². The number of nitrogens with one attached hydrogen (secondary N) is 1. The minimum Gasteiger partial charge on any atom is -0.497 e. The van der Waals surface area contributed by atoms with E-state index in [4.69, 9.17) is 9.88 Å². The van der Waals surface area contributed by atoms with E-state index in [1.165, 1.54) is 30.3 Å². The van der Waals surface area contributed by atoms with Crippen molar-refractivity contribution in [1.82, 2.24) is 0 Å².